The lowest BCUT2D eigenvalue weighted by Crippen LogP contribution is -2.42. The minimum absolute atomic E-state index is 0.0107. The molecule has 2 unspecified atom stereocenters. The molecule has 3 aliphatic rings. The van der Waals surface area contributed by atoms with Crippen LogP contribution in [0.1, 0.15) is 18.4 Å². The van der Waals surface area contributed by atoms with E-state index in [0.29, 0.717) is 31.0 Å². The summed E-state index contributed by atoms with van der Waals surface area (Å²) in [6, 6.07) is 5.25. The van der Waals surface area contributed by atoms with Gasteiger partial charge in [-0.2, -0.15) is 0 Å². The van der Waals surface area contributed by atoms with Gasteiger partial charge >= 0.3 is 0 Å². The Morgan fingerprint density at radius 2 is 2.07 bits per heavy atom. The van der Waals surface area contributed by atoms with Gasteiger partial charge in [-0.05, 0) is 24.1 Å². The van der Waals surface area contributed by atoms with E-state index in [1.165, 1.54) is 4.90 Å². The number of nitrogens with zero attached hydrogens (tertiary/aromatic N) is 2. The number of fused-ring (bicyclic) bond motifs is 1. The Balaban J connectivity index is 1.39. The molecule has 0 spiro atoms. The van der Waals surface area contributed by atoms with Crippen LogP contribution in [0.3, 0.4) is 0 Å². The summed E-state index contributed by atoms with van der Waals surface area (Å²) in [4.78, 5) is 28.3. The molecular formula is C18H22N2O6S. The number of rotatable bonds is 4. The number of ether oxygens (including phenoxy) is 2. The third-order valence-corrected chi connectivity index (χ3v) is 7.23. The topological polar surface area (TPSA) is 93.2 Å². The molecule has 0 N–H and O–H groups in total. The lowest BCUT2D eigenvalue weighted by Gasteiger charge is -2.26. The Morgan fingerprint density at radius 3 is 2.81 bits per heavy atom. The number of carbonyl (C=O) groups is 2. The molecule has 2 amide bonds. The number of amides is 2. The summed E-state index contributed by atoms with van der Waals surface area (Å²) in [5.41, 5.74) is 0.913. The maximum absolute atomic E-state index is 12.8. The molecule has 8 nitrogen and oxygen atoms in total. The van der Waals surface area contributed by atoms with Crippen LogP contribution in [0, 0.1) is 5.92 Å². The normalized spacial score (nSPS) is 25.8. The van der Waals surface area contributed by atoms with Crippen molar-refractivity contribution in [2.75, 3.05) is 31.9 Å². The molecule has 4 rings (SSSR count). The van der Waals surface area contributed by atoms with Crippen molar-refractivity contribution in [1.29, 1.82) is 0 Å². The third-order valence-electron chi connectivity index (χ3n) is 5.48. The number of sulfone groups is 1. The second kappa shape index (κ2) is 6.70. The molecule has 0 saturated carbocycles. The fraction of sp³-hybridized carbons (Fsp3) is 0.556. The first-order chi connectivity index (χ1) is 12.8. The van der Waals surface area contributed by atoms with E-state index in [0.717, 1.165) is 5.56 Å². The summed E-state index contributed by atoms with van der Waals surface area (Å²) in [5.74, 6) is 0.824. The summed E-state index contributed by atoms with van der Waals surface area (Å²) in [7, 11) is -1.42. The fourth-order valence-corrected chi connectivity index (χ4v) is 5.67. The molecule has 2 saturated heterocycles. The zero-order valence-electron chi connectivity index (χ0n) is 15.1. The highest BCUT2D eigenvalue weighted by Crippen LogP contribution is 2.33. The standard InChI is InChI=1S/C18H22N2O6S/c1-19(14-4-5-27(23,24)10-14)18(22)13-7-17(21)20(9-13)8-12-2-3-15-16(6-12)26-11-25-15/h2-3,6,13-14H,4-5,7-11H2,1H3. The number of benzene rings is 1. The summed E-state index contributed by atoms with van der Waals surface area (Å²) in [6.07, 6.45) is 0.624. The molecule has 3 aliphatic heterocycles. The van der Waals surface area contributed by atoms with Gasteiger partial charge in [0.2, 0.25) is 18.6 Å². The fourth-order valence-electron chi connectivity index (χ4n) is 3.90. The van der Waals surface area contributed by atoms with E-state index in [1.54, 1.807) is 11.9 Å². The first-order valence-corrected chi connectivity index (χ1v) is 10.8. The van der Waals surface area contributed by atoms with Crippen molar-refractivity contribution in [3.8, 4) is 11.5 Å². The molecule has 2 fully saturated rings. The maximum Gasteiger partial charge on any atom is 0.231 e. The van der Waals surface area contributed by atoms with Gasteiger partial charge in [-0.1, -0.05) is 6.07 Å². The smallest absolute Gasteiger partial charge is 0.231 e. The first kappa shape index (κ1) is 18.1. The van der Waals surface area contributed by atoms with Crippen molar-refractivity contribution < 1.29 is 27.5 Å². The number of hydrogen-bond acceptors (Lipinski definition) is 6. The molecule has 3 heterocycles. The largest absolute Gasteiger partial charge is 0.454 e. The molecule has 1 aromatic carbocycles. The van der Waals surface area contributed by atoms with Gasteiger partial charge < -0.3 is 19.3 Å². The quantitative estimate of drug-likeness (QED) is 0.734. The van der Waals surface area contributed by atoms with E-state index in [9.17, 15) is 18.0 Å². The maximum atomic E-state index is 12.8. The van der Waals surface area contributed by atoms with Crippen molar-refractivity contribution in [3.05, 3.63) is 23.8 Å². The molecule has 146 valence electrons. The van der Waals surface area contributed by atoms with Gasteiger partial charge in [0.15, 0.2) is 21.3 Å². The predicted octanol–water partition coefficient (Wildman–Crippen LogP) is 0.409. The average molecular weight is 394 g/mol. The van der Waals surface area contributed by atoms with E-state index in [1.807, 2.05) is 18.2 Å². The highest BCUT2D eigenvalue weighted by molar-refractivity contribution is 7.91. The molecule has 27 heavy (non-hydrogen) atoms. The Morgan fingerprint density at radius 1 is 1.30 bits per heavy atom. The van der Waals surface area contributed by atoms with Crippen LogP contribution >= 0.6 is 0 Å². The van der Waals surface area contributed by atoms with Crippen molar-refractivity contribution in [2.45, 2.75) is 25.4 Å². The second-order valence-electron chi connectivity index (χ2n) is 7.37. The van der Waals surface area contributed by atoms with Crippen LogP contribution in [0.15, 0.2) is 18.2 Å². The van der Waals surface area contributed by atoms with Crippen molar-refractivity contribution >= 4 is 21.7 Å². The summed E-state index contributed by atoms with van der Waals surface area (Å²) in [6.45, 7) is 0.942. The summed E-state index contributed by atoms with van der Waals surface area (Å²) >= 11 is 0. The highest BCUT2D eigenvalue weighted by atomic mass is 32.2. The van der Waals surface area contributed by atoms with Crippen LogP contribution in [0.5, 0.6) is 11.5 Å². The van der Waals surface area contributed by atoms with Gasteiger partial charge in [0.1, 0.15) is 0 Å². The second-order valence-corrected chi connectivity index (χ2v) is 9.60. The lowest BCUT2D eigenvalue weighted by atomic mass is 10.1. The van der Waals surface area contributed by atoms with Gasteiger partial charge in [-0.25, -0.2) is 8.42 Å². The van der Waals surface area contributed by atoms with Gasteiger partial charge in [0.05, 0.1) is 17.4 Å². The molecule has 0 bridgehead atoms. The van der Waals surface area contributed by atoms with Crippen LogP contribution in [-0.4, -0.2) is 68.0 Å². The minimum atomic E-state index is -3.06. The molecule has 0 aromatic heterocycles. The van der Waals surface area contributed by atoms with Crippen molar-refractivity contribution in [1.82, 2.24) is 9.80 Å². The van der Waals surface area contributed by atoms with Gasteiger partial charge in [0, 0.05) is 32.6 Å². The number of likely N-dealkylation sites (tertiary alicyclic amines) is 1. The summed E-state index contributed by atoms with van der Waals surface area (Å²) in [5, 5.41) is 0. The van der Waals surface area contributed by atoms with E-state index < -0.39 is 15.8 Å². The van der Waals surface area contributed by atoms with E-state index in [4.69, 9.17) is 9.47 Å². The van der Waals surface area contributed by atoms with E-state index >= 15 is 0 Å². The number of carbonyl (C=O) groups excluding carboxylic acids is 2. The van der Waals surface area contributed by atoms with E-state index in [-0.39, 0.29) is 42.6 Å². The minimum Gasteiger partial charge on any atom is -0.454 e. The first-order valence-electron chi connectivity index (χ1n) is 8.96. The third kappa shape index (κ3) is 3.60. The Bertz CT molecular complexity index is 884. The van der Waals surface area contributed by atoms with Crippen LogP contribution in [0.4, 0.5) is 0 Å². The van der Waals surface area contributed by atoms with Crippen LogP contribution in [0.2, 0.25) is 0 Å². The Hall–Kier alpha value is -2.29. The monoisotopic (exact) mass is 394 g/mol. The lowest BCUT2D eigenvalue weighted by molar-refractivity contribution is -0.136. The van der Waals surface area contributed by atoms with Crippen molar-refractivity contribution in [3.63, 3.8) is 0 Å². The highest BCUT2D eigenvalue weighted by Gasteiger charge is 2.39. The number of hydrogen-bond donors (Lipinski definition) is 0. The van der Waals surface area contributed by atoms with Crippen LogP contribution in [-0.2, 0) is 26.0 Å². The molecule has 0 aliphatic carbocycles. The van der Waals surface area contributed by atoms with Crippen molar-refractivity contribution in [2.24, 2.45) is 5.92 Å². The molecule has 9 heteroatoms. The summed E-state index contributed by atoms with van der Waals surface area (Å²) < 4.78 is 34.0. The molecule has 1 aromatic rings. The zero-order valence-corrected chi connectivity index (χ0v) is 15.9. The van der Waals surface area contributed by atoms with Gasteiger partial charge in [0.25, 0.3) is 0 Å². The Kier molecular flexibility index (Phi) is 4.49. The Labute approximate surface area is 157 Å². The average Bonchev–Trinajstić information content (AvgIpc) is 3.32. The molecule has 2 atom stereocenters. The predicted molar refractivity (Wildman–Crippen MR) is 95.9 cm³/mol. The van der Waals surface area contributed by atoms with E-state index in [2.05, 4.69) is 0 Å². The molecule has 0 radical (unpaired) electrons. The van der Waals surface area contributed by atoms with Crippen LogP contribution in [0.25, 0.3) is 0 Å². The van der Waals surface area contributed by atoms with Gasteiger partial charge in [-0.3, -0.25) is 9.59 Å². The van der Waals surface area contributed by atoms with Crippen LogP contribution < -0.4 is 9.47 Å². The molecular weight excluding hydrogens is 372 g/mol. The van der Waals surface area contributed by atoms with Gasteiger partial charge in [-0.15, -0.1) is 0 Å². The zero-order chi connectivity index (χ0) is 19.2. The SMILES string of the molecule is CN(C(=O)C1CC(=O)N(Cc2ccc3c(c2)OCO3)C1)C1CCS(=O)(=O)C1.